The summed E-state index contributed by atoms with van der Waals surface area (Å²) >= 11 is 0. The van der Waals surface area contributed by atoms with Gasteiger partial charge in [0.1, 0.15) is 0 Å². The average Bonchev–Trinajstić information content (AvgIpc) is 2.98. The van der Waals surface area contributed by atoms with Crippen molar-refractivity contribution < 1.29 is 29.3 Å². The minimum atomic E-state index is -1.37. The van der Waals surface area contributed by atoms with Crippen LogP contribution in [-0.4, -0.2) is 40.1 Å². The minimum absolute atomic E-state index is 0.108. The van der Waals surface area contributed by atoms with Crippen molar-refractivity contribution in [1.82, 2.24) is 0 Å². The lowest BCUT2D eigenvalue weighted by molar-refractivity contribution is -0.165. The Bertz CT molecular complexity index is 913. The summed E-state index contributed by atoms with van der Waals surface area (Å²) in [6.07, 6.45) is 11.3. The van der Waals surface area contributed by atoms with E-state index >= 15 is 0 Å². The van der Waals surface area contributed by atoms with E-state index in [0.29, 0.717) is 19.3 Å². The Labute approximate surface area is 183 Å². The van der Waals surface area contributed by atoms with Crippen molar-refractivity contribution in [2.75, 3.05) is 6.61 Å². The van der Waals surface area contributed by atoms with E-state index in [2.05, 4.69) is 25.2 Å². The SMILES string of the molecule is CCOC(=O)C(C[C@]1(O)CC[C@H]2[C@@H]3C=CC4=CC(=O)CC[C@]4(C)C3=CC[C@@]21C)C(=O)O. The number of carboxylic acids is 1. The molecule has 6 atom stereocenters. The van der Waals surface area contributed by atoms with Crippen molar-refractivity contribution in [3.8, 4) is 0 Å². The smallest absolute Gasteiger partial charge is 0.320 e. The molecule has 4 aliphatic carbocycles. The highest BCUT2D eigenvalue weighted by Gasteiger charge is 2.62. The molecular weight excluding hydrogens is 396 g/mol. The van der Waals surface area contributed by atoms with Crippen LogP contribution in [0.4, 0.5) is 0 Å². The molecular formula is C25H32O6. The van der Waals surface area contributed by atoms with Crippen LogP contribution in [0.2, 0.25) is 0 Å². The molecule has 0 aliphatic heterocycles. The lowest BCUT2D eigenvalue weighted by atomic mass is 9.52. The van der Waals surface area contributed by atoms with Crippen LogP contribution in [0.25, 0.3) is 0 Å². The number of hydrogen-bond donors (Lipinski definition) is 2. The van der Waals surface area contributed by atoms with Gasteiger partial charge in [0.05, 0.1) is 12.2 Å². The predicted molar refractivity (Wildman–Crippen MR) is 114 cm³/mol. The molecule has 0 bridgehead atoms. The first kappa shape index (κ1) is 22.0. The second-order valence-corrected chi connectivity index (χ2v) is 10.1. The van der Waals surface area contributed by atoms with Crippen LogP contribution in [0.1, 0.15) is 59.3 Å². The number of allylic oxidation sites excluding steroid dienone is 6. The number of carbonyl (C=O) groups is 3. The molecule has 0 heterocycles. The van der Waals surface area contributed by atoms with Crippen LogP contribution in [0.3, 0.4) is 0 Å². The van der Waals surface area contributed by atoms with Crippen LogP contribution in [0, 0.1) is 28.6 Å². The van der Waals surface area contributed by atoms with Crippen LogP contribution < -0.4 is 0 Å². The van der Waals surface area contributed by atoms with Gasteiger partial charge in [-0.3, -0.25) is 14.4 Å². The fourth-order valence-electron chi connectivity index (χ4n) is 6.63. The Morgan fingerprint density at radius 1 is 1.29 bits per heavy atom. The van der Waals surface area contributed by atoms with E-state index in [0.717, 1.165) is 18.4 Å². The summed E-state index contributed by atoms with van der Waals surface area (Å²) in [5, 5.41) is 21.4. The zero-order valence-corrected chi connectivity index (χ0v) is 18.5. The Balaban J connectivity index is 1.66. The molecule has 2 N–H and O–H groups in total. The highest BCUT2D eigenvalue weighted by molar-refractivity contribution is 5.94. The number of ether oxygens (including phenoxy) is 1. The molecule has 31 heavy (non-hydrogen) atoms. The number of aliphatic hydroxyl groups is 1. The molecule has 1 fully saturated rings. The third-order valence-corrected chi connectivity index (χ3v) is 8.65. The maximum atomic E-state index is 12.3. The molecule has 168 valence electrons. The van der Waals surface area contributed by atoms with Crippen LogP contribution >= 0.6 is 0 Å². The molecule has 0 aromatic heterocycles. The maximum Gasteiger partial charge on any atom is 0.320 e. The van der Waals surface area contributed by atoms with E-state index < -0.39 is 28.9 Å². The largest absolute Gasteiger partial charge is 0.481 e. The molecule has 6 nitrogen and oxygen atoms in total. The van der Waals surface area contributed by atoms with Gasteiger partial charge in [-0.15, -0.1) is 0 Å². The number of carbonyl (C=O) groups excluding carboxylic acids is 2. The summed E-state index contributed by atoms with van der Waals surface area (Å²) in [5.41, 5.74) is 0.428. The molecule has 1 unspecified atom stereocenters. The number of rotatable bonds is 5. The molecule has 0 amide bonds. The normalized spacial score (nSPS) is 39.5. The van der Waals surface area contributed by atoms with Crippen LogP contribution in [0.15, 0.2) is 35.5 Å². The van der Waals surface area contributed by atoms with Gasteiger partial charge in [0.25, 0.3) is 0 Å². The maximum absolute atomic E-state index is 12.3. The highest BCUT2D eigenvalue weighted by Crippen LogP contribution is 2.65. The summed E-state index contributed by atoms with van der Waals surface area (Å²) in [7, 11) is 0. The van der Waals surface area contributed by atoms with E-state index in [-0.39, 0.29) is 36.1 Å². The summed E-state index contributed by atoms with van der Waals surface area (Å²) in [6, 6.07) is 0. The molecule has 1 saturated carbocycles. The summed E-state index contributed by atoms with van der Waals surface area (Å²) in [6.45, 7) is 5.99. The number of fused-ring (bicyclic) bond motifs is 5. The third kappa shape index (κ3) is 3.22. The van der Waals surface area contributed by atoms with E-state index in [1.165, 1.54) is 5.57 Å². The molecule has 0 saturated heterocycles. The minimum Gasteiger partial charge on any atom is -0.481 e. The van der Waals surface area contributed by atoms with Crippen molar-refractivity contribution in [2.45, 2.75) is 64.9 Å². The molecule has 0 aromatic carbocycles. The van der Waals surface area contributed by atoms with E-state index in [4.69, 9.17) is 4.74 Å². The second kappa shape index (κ2) is 7.44. The van der Waals surface area contributed by atoms with Crippen molar-refractivity contribution in [2.24, 2.45) is 28.6 Å². The molecule has 0 aromatic rings. The predicted octanol–water partition coefficient (Wildman–Crippen LogP) is 3.60. The number of carboxylic acid groups (broad SMARTS) is 1. The molecule has 4 rings (SSSR count). The van der Waals surface area contributed by atoms with E-state index in [1.807, 2.05) is 6.92 Å². The zero-order chi connectivity index (χ0) is 22.6. The summed E-state index contributed by atoms with van der Waals surface area (Å²) in [4.78, 5) is 36.0. The lowest BCUT2D eigenvalue weighted by Crippen LogP contribution is -2.52. The first-order valence-electron chi connectivity index (χ1n) is 11.3. The fourth-order valence-corrected chi connectivity index (χ4v) is 6.63. The standard InChI is InChI=1S/C25H32O6/c1-4-31-22(29)18(21(27)28)14-25(30)12-9-20-17-6-5-15-13-16(26)7-10-23(15,2)19(17)8-11-24(20,25)3/h5-6,8,13,17-18,20,30H,4,7,9-12,14H2,1-3H3,(H,27,28)/t17-,18?,20+,23+,24+,25-/m1/s1. The number of esters is 1. The van der Waals surface area contributed by atoms with Gasteiger partial charge < -0.3 is 14.9 Å². The quantitative estimate of drug-likeness (QED) is 0.394. The first-order chi connectivity index (χ1) is 14.6. The first-order valence-corrected chi connectivity index (χ1v) is 11.3. The number of aliphatic carboxylic acids is 1. The van der Waals surface area contributed by atoms with Gasteiger partial charge in [0.15, 0.2) is 11.7 Å². The van der Waals surface area contributed by atoms with Gasteiger partial charge >= 0.3 is 11.9 Å². The fraction of sp³-hybridized carbons (Fsp3) is 0.640. The van der Waals surface area contributed by atoms with Crippen molar-refractivity contribution in [3.05, 3.63) is 35.5 Å². The summed E-state index contributed by atoms with van der Waals surface area (Å²) < 4.78 is 4.97. The van der Waals surface area contributed by atoms with Gasteiger partial charge in [0, 0.05) is 29.6 Å². The summed E-state index contributed by atoms with van der Waals surface area (Å²) in [5.74, 6) is -2.93. The number of ketones is 1. The van der Waals surface area contributed by atoms with Gasteiger partial charge in [-0.25, -0.2) is 0 Å². The van der Waals surface area contributed by atoms with Crippen molar-refractivity contribution in [3.63, 3.8) is 0 Å². The lowest BCUT2D eigenvalue weighted by Gasteiger charge is -2.53. The Morgan fingerprint density at radius 2 is 2.03 bits per heavy atom. The van der Waals surface area contributed by atoms with Gasteiger partial charge in [-0.05, 0) is 50.2 Å². The zero-order valence-electron chi connectivity index (χ0n) is 18.5. The second-order valence-electron chi connectivity index (χ2n) is 10.1. The van der Waals surface area contributed by atoms with E-state index in [9.17, 15) is 24.6 Å². The van der Waals surface area contributed by atoms with Crippen LogP contribution in [-0.2, 0) is 19.1 Å². The van der Waals surface area contributed by atoms with E-state index in [1.54, 1.807) is 13.0 Å². The molecule has 6 heteroatoms. The monoisotopic (exact) mass is 428 g/mol. The molecule has 0 radical (unpaired) electrons. The highest BCUT2D eigenvalue weighted by atomic mass is 16.5. The topological polar surface area (TPSA) is 101 Å². The Hall–Kier alpha value is -2.21. The van der Waals surface area contributed by atoms with Gasteiger partial charge in [-0.1, -0.05) is 37.6 Å². The Kier molecular flexibility index (Phi) is 5.28. The molecule has 0 spiro atoms. The average molecular weight is 429 g/mol. The van der Waals surface area contributed by atoms with Gasteiger partial charge in [0.2, 0.25) is 0 Å². The van der Waals surface area contributed by atoms with Gasteiger partial charge in [-0.2, -0.15) is 0 Å². The Morgan fingerprint density at radius 3 is 2.71 bits per heavy atom. The van der Waals surface area contributed by atoms with Crippen molar-refractivity contribution >= 4 is 17.7 Å². The van der Waals surface area contributed by atoms with Crippen LogP contribution in [0.5, 0.6) is 0 Å². The van der Waals surface area contributed by atoms with Crippen molar-refractivity contribution in [1.29, 1.82) is 0 Å². The third-order valence-electron chi connectivity index (χ3n) is 8.65. The number of hydrogen-bond acceptors (Lipinski definition) is 5. The molecule has 4 aliphatic rings.